The predicted molar refractivity (Wildman–Crippen MR) is 63.0 cm³/mol. The molecule has 1 aromatic carbocycles. The summed E-state index contributed by atoms with van der Waals surface area (Å²) in [4.78, 5) is 0. The first-order chi connectivity index (χ1) is 7.79. The lowest BCUT2D eigenvalue weighted by molar-refractivity contribution is 0.126. The van der Waals surface area contributed by atoms with Crippen molar-refractivity contribution in [1.82, 2.24) is 0 Å². The number of aliphatic hydroxyl groups excluding tert-OH is 1. The zero-order valence-electron chi connectivity index (χ0n) is 9.19. The van der Waals surface area contributed by atoms with E-state index >= 15 is 0 Å². The third kappa shape index (κ3) is 2.53. The van der Waals surface area contributed by atoms with Gasteiger partial charge in [-0.15, -0.1) is 0 Å². The molecule has 2 rings (SSSR count). The summed E-state index contributed by atoms with van der Waals surface area (Å²) in [6.07, 6.45) is 3.52. The van der Waals surface area contributed by atoms with E-state index in [2.05, 4.69) is 11.4 Å². The highest BCUT2D eigenvalue weighted by molar-refractivity contribution is 5.57. The Labute approximate surface area is 95.7 Å². The van der Waals surface area contributed by atoms with Crippen LogP contribution in [0, 0.1) is 11.3 Å². The first kappa shape index (κ1) is 11.0. The fraction of sp³-hybridized carbons (Fsp3) is 0.462. The van der Waals surface area contributed by atoms with Gasteiger partial charge in [-0.25, -0.2) is 0 Å². The molecule has 16 heavy (non-hydrogen) atoms. The van der Waals surface area contributed by atoms with Gasteiger partial charge in [-0.1, -0.05) is 12.1 Å². The van der Waals surface area contributed by atoms with Crippen LogP contribution < -0.4 is 5.32 Å². The topological polar surface area (TPSA) is 56.0 Å². The van der Waals surface area contributed by atoms with Crippen LogP contribution in [-0.2, 0) is 0 Å². The largest absolute Gasteiger partial charge is 0.393 e. The molecule has 0 amide bonds. The van der Waals surface area contributed by atoms with Crippen LogP contribution in [0.3, 0.4) is 0 Å². The fourth-order valence-corrected chi connectivity index (χ4v) is 2.15. The maximum absolute atomic E-state index is 9.41. The van der Waals surface area contributed by atoms with Crippen LogP contribution in [0.1, 0.15) is 31.2 Å². The summed E-state index contributed by atoms with van der Waals surface area (Å²) < 4.78 is 0. The third-order valence-corrected chi connectivity index (χ3v) is 3.10. The molecule has 0 saturated heterocycles. The molecule has 1 saturated carbocycles. The molecule has 84 valence electrons. The van der Waals surface area contributed by atoms with Crippen molar-refractivity contribution in [2.45, 2.75) is 37.8 Å². The normalized spacial score (nSPS) is 24.8. The summed E-state index contributed by atoms with van der Waals surface area (Å²) in [7, 11) is 0. The van der Waals surface area contributed by atoms with Gasteiger partial charge in [0.1, 0.15) is 6.07 Å². The van der Waals surface area contributed by atoms with Crippen LogP contribution in [0.25, 0.3) is 0 Å². The van der Waals surface area contributed by atoms with E-state index in [9.17, 15) is 5.11 Å². The van der Waals surface area contributed by atoms with Gasteiger partial charge in [0.15, 0.2) is 0 Å². The van der Waals surface area contributed by atoms with E-state index in [4.69, 9.17) is 5.26 Å². The fourth-order valence-electron chi connectivity index (χ4n) is 2.15. The maximum atomic E-state index is 9.41. The molecule has 0 aromatic heterocycles. The molecule has 2 N–H and O–H groups in total. The van der Waals surface area contributed by atoms with Gasteiger partial charge in [0.25, 0.3) is 0 Å². The molecule has 0 heterocycles. The summed E-state index contributed by atoms with van der Waals surface area (Å²) in [6.45, 7) is 0. The Morgan fingerprint density at radius 1 is 1.19 bits per heavy atom. The molecule has 0 atom stereocenters. The van der Waals surface area contributed by atoms with Gasteiger partial charge < -0.3 is 10.4 Å². The highest BCUT2D eigenvalue weighted by Gasteiger charge is 2.19. The summed E-state index contributed by atoms with van der Waals surface area (Å²) >= 11 is 0. The minimum absolute atomic E-state index is 0.135. The Morgan fingerprint density at radius 2 is 1.88 bits per heavy atom. The van der Waals surface area contributed by atoms with E-state index in [1.807, 2.05) is 24.3 Å². The van der Waals surface area contributed by atoms with Crippen LogP contribution in [0.4, 0.5) is 5.69 Å². The number of nitrogens with one attached hydrogen (secondary N) is 1. The van der Waals surface area contributed by atoms with Gasteiger partial charge in [0, 0.05) is 6.04 Å². The van der Waals surface area contributed by atoms with E-state index < -0.39 is 0 Å². The lowest BCUT2D eigenvalue weighted by Gasteiger charge is -2.27. The molecule has 0 aliphatic heterocycles. The van der Waals surface area contributed by atoms with Crippen molar-refractivity contribution in [2.75, 3.05) is 5.32 Å². The van der Waals surface area contributed by atoms with E-state index in [-0.39, 0.29) is 6.10 Å². The Hall–Kier alpha value is -1.53. The van der Waals surface area contributed by atoms with Crippen LogP contribution in [0.2, 0.25) is 0 Å². The average Bonchev–Trinajstić information content (AvgIpc) is 2.33. The SMILES string of the molecule is N#Cc1ccccc1NC1CCC(O)CC1. The zero-order chi connectivity index (χ0) is 11.4. The molecule has 0 unspecified atom stereocenters. The quantitative estimate of drug-likeness (QED) is 0.797. The van der Waals surface area contributed by atoms with Gasteiger partial charge in [0.2, 0.25) is 0 Å². The third-order valence-electron chi connectivity index (χ3n) is 3.10. The lowest BCUT2D eigenvalue weighted by Crippen LogP contribution is -2.28. The second-order valence-corrected chi connectivity index (χ2v) is 4.31. The predicted octanol–water partition coefficient (Wildman–Crippen LogP) is 2.27. The zero-order valence-corrected chi connectivity index (χ0v) is 9.19. The van der Waals surface area contributed by atoms with Gasteiger partial charge in [-0.2, -0.15) is 5.26 Å². The van der Waals surface area contributed by atoms with Crippen molar-refractivity contribution in [2.24, 2.45) is 0 Å². The van der Waals surface area contributed by atoms with Crippen molar-refractivity contribution < 1.29 is 5.11 Å². The van der Waals surface area contributed by atoms with Crippen LogP contribution in [0.5, 0.6) is 0 Å². The number of anilines is 1. The standard InChI is InChI=1S/C13H16N2O/c14-9-10-3-1-2-4-13(10)15-11-5-7-12(16)8-6-11/h1-4,11-12,15-16H,5-8H2. The Bertz CT molecular complexity index is 389. The van der Waals surface area contributed by atoms with Crippen LogP contribution in [0.15, 0.2) is 24.3 Å². The number of hydrogen-bond acceptors (Lipinski definition) is 3. The number of benzene rings is 1. The summed E-state index contributed by atoms with van der Waals surface area (Å²) in [5, 5.41) is 21.8. The summed E-state index contributed by atoms with van der Waals surface area (Å²) in [5.74, 6) is 0. The highest BCUT2D eigenvalue weighted by atomic mass is 16.3. The molecule has 0 spiro atoms. The van der Waals surface area contributed by atoms with Gasteiger partial charge >= 0.3 is 0 Å². The number of nitriles is 1. The molecular weight excluding hydrogens is 200 g/mol. The highest BCUT2D eigenvalue weighted by Crippen LogP contribution is 2.23. The lowest BCUT2D eigenvalue weighted by atomic mass is 9.93. The van der Waals surface area contributed by atoms with Gasteiger partial charge in [-0.05, 0) is 37.8 Å². The molecule has 3 heteroatoms. The molecule has 0 radical (unpaired) electrons. The summed E-state index contributed by atoms with van der Waals surface area (Å²) in [6, 6.07) is 10.1. The van der Waals surface area contributed by atoms with E-state index in [0.29, 0.717) is 11.6 Å². The second kappa shape index (κ2) is 5.00. The summed E-state index contributed by atoms with van der Waals surface area (Å²) in [5.41, 5.74) is 1.60. The van der Waals surface area contributed by atoms with Gasteiger partial charge in [0.05, 0.1) is 17.4 Å². The molecular formula is C13H16N2O. The minimum Gasteiger partial charge on any atom is -0.393 e. The Morgan fingerprint density at radius 3 is 2.56 bits per heavy atom. The Kier molecular flexibility index (Phi) is 3.43. The second-order valence-electron chi connectivity index (χ2n) is 4.31. The van der Waals surface area contributed by atoms with Crippen molar-refractivity contribution in [3.8, 4) is 6.07 Å². The smallest absolute Gasteiger partial charge is 0.101 e. The van der Waals surface area contributed by atoms with Crippen LogP contribution >= 0.6 is 0 Å². The molecule has 1 aromatic rings. The number of para-hydroxylation sites is 1. The molecule has 1 aliphatic rings. The van der Waals surface area contributed by atoms with Crippen LogP contribution in [-0.4, -0.2) is 17.3 Å². The first-order valence-electron chi connectivity index (χ1n) is 5.73. The monoisotopic (exact) mass is 216 g/mol. The number of nitrogens with zero attached hydrogens (tertiary/aromatic N) is 1. The average molecular weight is 216 g/mol. The van der Waals surface area contributed by atoms with E-state index in [0.717, 1.165) is 31.4 Å². The Balaban J connectivity index is 2.01. The van der Waals surface area contributed by atoms with Crippen molar-refractivity contribution in [1.29, 1.82) is 5.26 Å². The van der Waals surface area contributed by atoms with E-state index in [1.54, 1.807) is 0 Å². The van der Waals surface area contributed by atoms with Crippen molar-refractivity contribution in [3.63, 3.8) is 0 Å². The molecule has 3 nitrogen and oxygen atoms in total. The first-order valence-corrected chi connectivity index (χ1v) is 5.73. The maximum Gasteiger partial charge on any atom is 0.101 e. The van der Waals surface area contributed by atoms with E-state index in [1.165, 1.54) is 0 Å². The van der Waals surface area contributed by atoms with Gasteiger partial charge in [-0.3, -0.25) is 0 Å². The molecule has 1 fully saturated rings. The molecule has 1 aliphatic carbocycles. The minimum atomic E-state index is -0.135. The number of hydrogen-bond donors (Lipinski definition) is 2. The number of rotatable bonds is 2. The molecule has 0 bridgehead atoms. The van der Waals surface area contributed by atoms with Crippen molar-refractivity contribution in [3.05, 3.63) is 29.8 Å². The number of aliphatic hydroxyl groups is 1. The van der Waals surface area contributed by atoms with Crippen molar-refractivity contribution >= 4 is 5.69 Å².